The molecule has 1 heterocycles. The summed E-state index contributed by atoms with van der Waals surface area (Å²) in [7, 11) is 1.37. The number of aromatic nitrogens is 1. The Bertz CT molecular complexity index is 1150. The molecule has 0 saturated carbocycles. The number of hydrogen-bond acceptors (Lipinski definition) is 4. The van der Waals surface area contributed by atoms with Gasteiger partial charge in [0.25, 0.3) is 5.96 Å². The third kappa shape index (κ3) is 5.71. The van der Waals surface area contributed by atoms with Gasteiger partial charge in [0.1, 0.15) is 11.4 Å². The number of aliphatic imine (C=N–C) groups is 1. The van der Waals surface area contributed by atoms with E-state index in [1.807, 2.05) is 0 Å². The lowest BCUT2D eigenvalue weighted by atomic mass is 9.80. The summed E-state index contributed by atoms with van der Waals surface area (Å²) in [5, 5.41) is 7.73. The fourth-order valence-electron chi connectivity index (χ4n) is 3.36. The number of nitrogens with zero attached hydrogens (tertiary/aromatic N) is 4. The number of benzene rings is 2. The van der Waals surface area contributed by atoms with E-state index < -0.39 is 23.1 Å². The number of hydrazine groups is 1. The number of guanidine groups is 1. The Morgan fingerprint density at radius 1 is 1.06 bits per heavy atom. The van der Waals surface area contributed by atoms with Gasteiger partial charge >= 0.3 is 6.18 Å². The summed E-state index contributed by atoms with van der Waals surface area (Å²) < 4.78 is 55.2. The number of nitrogens with one attached hydrogen (secondary N) is 1. The van der Waals surface area contributed by atoms with Crippen molar-refractivity contribution in [3.63, 3.8) is 0 Å². The standard InChI is InChI=1S/C22H19ClF4N6/c1-29-33-20(32-28)31-21(12-14-5-3-2-4-6-14,19-8-7-17(23)13-30-19)15-9-16(22(25,26)27)11-18(24)10-15/h2-11,13H,12,28H2,1H3,(H,31,32). The molecule has 33 heavy (non-hydrogen) atoms. The molecule has 1 unspecified atom stereocenters. The number of nitrogens with two attached hydrogens (primary N) is 1. The summed E-state index contributed by atoms with van der Waals surface area (Å²) in [6, 6.07) is 14.1. The molecule has 3 aromatic rings. The second-order valence-corrected chi connectivity index (χ2v) is 7.43. The van der Waals surface area contributed by atoms with Crippen LogP contribution in [0.5, 0.6) is 0 Å². The van der Waals surface area contributed by atoms with E-state index in [1.54, 1.807) is 30.3 Å². The first-order chi connectivity index (χ1) is 15.7. The fraction of sp³-hybridized carbons (Fsp3) is 0.182. The zero-order valence-corrected chi connectivity index (χ0v) is 18.1. The fourth-order valence-corrected chi connectivity index (χ4v) is 3.48. The molecule has 6 nitrogen and oxygen atoms in total. The molecule has 3 rings (SSSR count). The van der Waals surface area contributed by atoms with Gasteiger partial charge in [-0.1, -0.05) is 41.9 Å². The Balaban J connectivity index is 2.41. The molecule has 0 spiro atoms. The minimum atomic E-state index is -4.79. The molecule has 0 fully saturated rings. The summed E-state index contributed by atoms with van der Waals surface area (Å²) in [4.78, 5) is 8.83. The number of rotatable bonds is 5. The summed E-state index contributed by atoms with van der Waals surface area (Å²) in [5.74, 6) is 4.26. The van der Waals surface area contributed by atoms with E-state index in [1.165, 1.54) is 25.4 Å². The van der Waals surface area contributed by atoms with Crippen LogP contribution in [0.4, 0.5) is 17.6 Å². The molecule has 0 aliphatic heterocycles. The van der Waals surface area contributed by atoms with E-state index >= 15 is 0 Å². The highest BCUT2D eigenvalue weighted by molar-refractivity contribution is 6.30. The van der Waals surface area contributed by atoms with E-state index in [-0.39, 0.29) is 23.6 Å². The normalized spacial score (nSPS) is 14.3. The van der Waals surface area contributed by atoms with Crippen molar-refractivity contribution < 1.29 is 17.6 Å². The van der Waals surface area contributed by atoms with Crippen LogP contribution in [0, 0.1) is 5.82 Å². The second-order valence-electron chi connectivity index (χ2n) is 6.99. The van der Waals surface area contributed by atoms with E-state index in [0.717, 1.165) is 12.1 Å². The Morgan fingerprint density at radius 3 is 2.33 bits per heavy atom. The minimum Gasteiger partial charge on any atom is -0.291 e. The van der Waals surface area contributed by atoms with Crippen LogP contribution < -0.4 is 11.3 Å². The molecular formula is C22H19ClF4N6. The van der Waals surface area contributed by atoms with E-state index in [2.05, 4.69) is 25.6 Å². The maximum atomic E-state index is 14.5. The first-order valence-electron chi connectivity index (χ1n) is 9.58. The lowest BCUT2D eigenvalue weighted by molar-refractivity contribution is -0.137. The van der Waals surface area contributed by atoms with E-state index in [4.69, 9.17) is 17.4 Å². The number of alkyl halides is 3. The predicted molar refractivity (Wildman–Crippen MR) is 117 cm³/mol. The largest absolute Gasteiger partial charge is 0.416 e. The lowest BCUT2D eigenvalue weighted by Gasteiger charge is -2.31. The molecule has 0 radical (unpaired) electrons. The maximum absolute atomic E-state index is 14.5. The third-order valence-electron chi connectivity index (χ3n) is 4.78. The van der Waals surface area contributed by atoms with Crippen molar-refractivity contribution in [2.45, 2.75) is 18.1 Å². The van der Waals surface area contributed by atoms with Crippen molar-refractivity contribution in [2.75, 3.05) is 7.05 Å². The number of hydrogen-bond donors (Lipinski definition) is 2. The van der Waals surface area contributed by atoms with Crippen LogP contribution in [-0.2, 0) is 18.1 Å². The van der Waals surface area contributed by atoms with E-state index in [9.17, 15) is 17.6 Å². The third-order valence-corrected chi connectivity index (χ3v) is 5.00. The van der Waals surface area contributed by atoms with Gasteiger partial charge in [-0.2, -0.15) is 18.3 Å². The van der Waals surface area contributed by atoms with Gasteiger partial charge in [-0.05, 0) is 41.5 Å². The molecule has 0 aliphatic rings. The SMILES string of the molecule is CN=NC(=NC(Cc1ccccc1)(c1cc(F)cc(C(F)(F)F)c1)c1ccc(Cl)cn1)NN. The topological polar surface area (TPSA) is 88.0 Å². The second kappa shape index (κ2) is 10.1. The molecule has 172 valence electrons. The highest BCUT2D eigenvalue weighted by atomic mass is 35.5. The molecule has 0 aliphatic carbocycles. The van der Waals surface area contributed by atoms with Crippen molar-refractivity contribution in [1.29, 1.82) is 0 Å². The monoisotopic (exact) mass is 478 g/mol. The summed E-state index contributed by atoms with van der Waals surface area (Å²) >= 11 is 5.99. The van der Waals surface area contributed by atoms with Crippen molar-refractivity contribution in [2.24, 2.45) is 21.1 Å². The summed E-state index contributed by atoms with van der Waals surface area (Å²) in [5.41, 5.74) is 0.237. The van der Waals surface area contributed by atoms with E-state index in [0.29, 0.717) is 16.7 Å². The smallest absolute Gasteiger partial charge is 0.291 e. The molecule has 0 saturated heterocycles. The summed E-state index contributed by atoms with van der Waals surface area (Å²) in [6.07, 6.45) is -3.45. The van der Waals surface area contributed by atoms with Crippen LogP contribution in [0.25, 0.3) is 0 Å². The van der Waals surface area contributed by atoms with Crippen LogP contribution in [-0.4, -0.2) is 18.0 Å². The van der Waals surface area contributed by atoms with Gasteiger partial charge in [0.15, 0.2) is 0 Å². The molecule has 0 bridgehead atoms. The molecule has 11 heteroatoms. The molecular weight excluding hydrogens is 460 g/mol. The minimum absolute atomic E-state index is 0.00758. The first kappa shape index (κ1) is 24.3. The van der Waals surface area contributed by atoms with Gasteiger partial charge in [0.05, 0.1) is 16.3 Å². The van der Waals surface area contributed by atoms with Crippen LogP contribution in [0.1, 0.15) is 22.4 Å². The number of pyridine rings is 1. The molecule has 1 aromatic heterocycles. The number of azo groups is 1. The van der Waals surface area contributed by atoms with Crippen molar-refractivity contribution >= 4 is 17.6 Å². The highest BCUT2D eigenvalue weighted by Gasteiger charge is 2.40. The predicted octanol–water partition coefficient (Wildman–Crippen LogP) is 5.28. The highest BCUT2D eigenvalue weighted by Crippen LogP contribution is 2.40. The Morgan fingerprint density at radius 2 is 1.76 bits per heavy atom. The van der Waals surface area contributed by atoms with Crippen LogP contribution in [0.3, 0.4) is 0 Å². The Hall–Kier alpha value is -3.37. The van der Waals surface area contributed by atoms with Crippen LogP contribution >= 0.6 is 11.6 Å². The molecule has 0 amide bonds. The zero-order chi connectivity index (χ0) is 24.1. The Kier molecular flexibility index (Phi) is 7.39. The van der Waals surface area contributed by atoms with Crippen molar-refractivity contribution in [3.8, 4) is 0 Å². The number of halogens is 5. The molecule has 3 N–H and O–H groups in total. The van der Waals surface area contributed by atoms with Gasteiger partial charge in [0, 0.05) is 19.7 Å². The maximum Gasteiger partial charge on any atom is 0.416 e. The van der Waals surface area contributed by atoms with Crippen molar-refractivity contribution in [3.05, 3.63) is 100 Å². The van der Waals surface area contributed by atoms with Gasteiger partial charge in [-0.3, -0.25) is 10.4 Å². The van der Waals surface area contributed by atoms with Gasteiger partial charge in [0.2, 0.25) is 0 Å². The van der Waals surface area contributed by atoms with Crippen molar-refractivity contribution in [1.82, 2.24) is 10.4 Å². The lowest BCUT2D eigenvalue weighted by Crippen LogP contribution is -2.36. The average molecular weight is 479 g/mol. The zero-order valence-electron chi connectivity index (χ0n) is 17.3. The molecule has 1 atom stereocenters. The first-order valence-corrected chi connectivity index (χ1v) is 9.96. The van der Waals surface area contributed by atoms with Gasteiger partial charge < -0.3 is 0 Å². The van der Waals surface area contributed by atoms with Gasteiger partial charge in [-0.25, -0.2) is 15.2 Å². The Labute approximate surface area is 192 Å². The quantitative estimate of drug-likeness (QED) is 0.131. The van der Waals surface area contributed by atoms with Gasteiger partial charge in [-0.15, -0.1) is 5.11 Å². The average Bonchev–Trinajstić information content (AvgIpc) is 2.78. The van der Waals surface area contributed by atoms with Crippen LogP contribution in [0.15, 0.2) is 82.1 Å². The summed E-state index contributed by atoms with van der Waals surface area (Å²) in [6.45, 7) is 0. The molecule has 2 aromatic carbocycles. The van der Waals surface area contributed by atoms with Crippen LogP contribution in [0.2, 0.25) is 5.02 Å².